The highest BCUT2D eigenvalue weighted by Crippen LogP contribution is 2.20. The molecule has 0 radical (unpaired) electrons. The molecule has 0 aliphatic heterocycles. The molecule has 2 aromatic rings. The molecule has 0 spiro atoms. The molecule has 136 valence electrons. The standard InChI is InChI=1S/C18H25N3O3S/c1-3-21(4-2)13-14-24-17-9-7-16(8-10-17)20-25(22,23)18-11-5-15(19)6-12-18/h5-12,20H,3-4,13-14,19H2,1-2H3. The Bertz CT molecular complexity index is 755. The number of hydrogen-bond donors (Lipinski definition) is 2. The number of benzene rings is 2. The molecule has 0 aromatic heterocycles. The molecule has 7 heteroatoms. The first-order chi connectivity index (χ1) is 11.9. The van der Waals surface area contributed by atoms with Gasteiger partial charge < -0.3 is 15.4 Å². The molecule has 0 unspecified atom stereocenters. The smallest absolute Gasteiger partial charge is 0.261 e. The van der Waals surface area contributed by atoms with Crippen molar-refractivity contribution in [1.29, 1.82) is 0 Å². The van der Waals surface area contributed by atoms with Crippen LogP contribution in [0.25, 0.3) is 0 Å². The summed E-state index contributed by atoms with van der Waals surface area (Å²) in [7, 11) is -3.63. The maximum atomic E-state index is 12.3. The van der Waals surface area contributed by atoms with Gasteiger partial charge in [-0.2, -0.15) is 0 Å². The number of ether oxygens (including phenoxy) is 1. The molecule has 0 aliphatic rings. The number of nitrogens with two attached hydrogens (primary N) is 1. The Labute approximate surface area is 149 Å². The second-order valence-electron chi connectivity index (χ2n) is 5.57. The van der Waals surface area contributed by atoms with Gasteiger partial charge in [-0.15, -0.1) is 0 Å². The van der Waals surface area contributed by atoms with Crippen molar-refractivity contribution in [3.8, 4) is 5.75 Å². The van der Waals surface area contributed by atoms with Crippen molar-refractivity contribution in [3.63, 3.8) is 0 Å². The van der Waals surface area contributed by atoms with Crippen LogP contribution in [0.15, 0.2) is 53.4 Å². The van der Waals surface area contributed by atoms with Crippen molar-refractivity contribution < 1.29 is 13.2 Å². The van der Waals surface area contributed by atoms with Crippen molar-refractivity contribution in [1.82, 2.24) is 4.90 Å². The van der Waals surface area contributed by atoms with Crippen LogP contribution in [0.5, 0.6) is 5.75 Å². The number of likely N-dealkylation sites (N-methyl/N-ethyl adjacent to an activating group) is 1. The van der Waals surface area contributed by atoms with Gasteiger partial charge in [-0.1, -0.05) is 13.8 Å². The van der Waals surface area contributed by atoms with Gasteiger partial charge in [-0.3, -0.25) is 4.72 Å². The van der Waals surface area contributed by atoms with Crippen LogP contribution in [-0.2, 0) is 10.0 Å². The number of nitrogen functional groups attached to an aromatic ring is 1. The monoisotopic (exact) mass is 363 g/mol. The van der Waals surface area contributed by atoms with Gasteiger partial charge in [-0.05, 0) is 61.6 Å². The summed E-state index contributed by atoms with van der Waals surface area (Å²) in [6, 6.07) is 12.9. The number of hydrogen-bond acceptors (Lipinski definition) is 5. The minimum absolute atomic E-state index is 0.168. The quantitative estimate of drug-likeness (QED) is 0.669. The van der Waals surface area contributed by atoms with E-state index in [1.54, 1.807) is 36.4 Å². The summed E-state index contributed by atoms with van der Waals surface area (Å²) in [5.41, 5.74) is 6.58. The van der Waals surface area contributed by atoms with Crippen LogP contribution in [0.1, 0.15) is 13.8 Å². The molecule has 0 amide bonds. The van der Waals surface area contributed by atoms with Crippen LogP contribution in [0, 0.1) is 0 Å². The van der Waals surface area contributed by atoms with Gasteiger partial charge in [-0.25, -0.2) is 8.42 Å². The second-order valence-corrected chi connectivity index (χ2v) is 7.26. The Hall–Kier alpha value is -2.25. The van der Waals surface area contributed by atoms with E-state index in [4.69, 9.17) is 10.5 Å². The third-order valence-corrected chi connectivity index (χ3v) is 5.26. The summed E-state index contributed by atoms with van der Waals surface area (Å²) < 4.78 is 32.9. The molecule has 2 aromatic carbocycles. The summed E-state index contributed by atoms with van der Waals surface area (Å²) >= 11 is 0. The van der Waals surface area contributed by atoms with E-state index in [2.05, 4.69) is 23.5 Å². The Morgan fingerprint density at radius 2 is 1.60 bits per heavy atom. The fraction of sp³-hybridized carbons (Fsp3) is 0.333. The van der Waals surface area contributed by atoms with Crippen molar-refractivity contribution in [2.24, 2.45) is 0 Å². The molecule has 0 aliphatic carbocycles. The zero-order valence-electron chi connectivity index (χ0n) is 14.6. The summed E-state index contributed by atoms with van der Waals surface area (Å²) in [6.07, 6.45) is 0. The lowest BCUT2D eigenvalue weighted by atomic mass is 10.3. The normalized spacial score (nSPS) is 11.5. The van der Waals surface area contributed by atoms with Crippen LogP contribution in [0.3, 0.4) is 0 Å². The highest BCUT2D eigenvalue weighted by atomic mass is 32.2. The largest absolute Gasteiger partial charge is 0.492 e. The van der Waals surface area contributed by atoms with Crippen molar-refractivity contribution in [2.75, 3.05) is 36.7 Å². The van der Waals surface area contributed by atoms with Gasteiger partial charge in [0.2, 0.25) is 0 Å². The molecule has 0 fully saturated rings. The predicted octanol–water partition coefficient (Wildman–Crippen LogP) is 2.79. The van der Waals surface area contributed by atoms with Gasteiger partial charge in [0.1, 0.15) is 12.4 Å². The average Bonchev–Trinajstić information content (AvgIpc) is 2.60. The van der Waals surface area contributed by atoms with Gasteiger partial charge in [0, 0.05) is 17.9 Å². The first-order valence-corrected chi connectivity index (χ1v) is 9.76. The van der Waals surface area contributed by atoms with Crippen molar-refractivity contribution >= 4 is 21.4 Å². The van der Waals surface area contributed by atoms with Crippen LogP contribution in [0.4, 0.5) is 11.4 Å². The summed E-state index contributed by atoms with van der Waals surface area (Å²) in [5.74, 6) is 0.711. The second kappa shape index (κ2) is 8.73. The maximum Gasteiger partial charge on any atom is 0.261 e. The van der Waals surface area contributed by atoms with Crippen LogP contribution < -0.4 is 15.2 Å². The summed E-state index contributed by atoms with van der Waals surface area (Å²) in [5, 5.41) is 0. The number of nitrogens with one attached hydrogen (secondary N) is 1. The third kappa shape index (κ3) is 5.65. The van der Waals surface area contributed by atoms with E-state index in [-0.39, 0.29) is 4.90 Å². The number of sulfonamides is 1. The summed E-state index contributed by atoms with van der Waals surface area (Å²) in [4.78, 5) is 2.44. The minimum Gasteiger partial charge on any atom is -0.492 e. The zero-order valence-corrected chi connectivity index (χ0v) is 15.4. The van der Waals surface area contributed by atoms with Gasteiger partial charge in [0.15, 0.2) is 0 Å². The van der Waals surface area contributed by atoms with E-state index in [9.17, 15) is 8.42 Å². The molecule has 3 N–H and O–H groups in total. The molecular formula is C18H25N3O3S. The average molecular weight is 363 g/mol. The van der Waals surface area contributed by atoms with E-state index in [0.717, 1.165) is 19.6 Å². The summed E-state index contributed by atoms with van der Waals surface area (Å²) in [6.45, 7) is 7.67. The molecule has 0 bridgehead atoms. The van der Waals surface area contributed by atoms with E-state index < -0.39 is 10.0 Å². The van der Waals surface area contributed by atoms with E-state index in [1.807, 2.05) is 0 Å². The van der Waals surface area contributed by atoms with Crippen LogP contribution >= 0.6 is 0 Å². The Morgan fingerprint density at radius 3 is 2.16 bits per heavy atom. The number of nitrogens with zero attached hydrogens (tertiary/aromatic N) is 1. The topological polar surface area (TPSA) is 84.7 Å². The van der Waals surface area contributed by atoms with E-state index >= 15 is 0 Å². The van der Waals surface area contributed by atoms with Crippen LogP contribution in [-0.4, -0.2) is 39.6 Å². The lowest BCUT2D eigenvalue weighted by Crippen LogP contribution is -2.27. The molecule has 25 heavy (non-hydrogen) atoms. The molecule has 6 nitrogen and oxygen atoms in total. The molecule has 0 saturated carbocycles. The molecule has 2 rings (SSSR count). The zero-order chi connectivity index (χ0) is 18.3. The Morgan fingerprint density at radius 1 is 1.00 bits per heavy atom. The molecule has 0 atom stereocenters. The number of rotatable bonds is 9. The lowest BCUT2D eigenvalue weighted by Gasteiger charge is -2.18. The van der Waals surface area contributed by atoms with Gasteiger partial charge in [0.05, 0.1) is 4.90 Å². The first kappa shape index (κ1) is 19.1. The fourth-order valence-electron chi connectivity index (χ4n) is 2.31. The van der Waals surface area contributed by atoms with Gasteiger partial charge >= 0.3 is 0 Å². The van der Waals surface area contributed by atoms with E-state index in [1.165, 1.54) is 12.1 Å². The van der Waals surface area contributed by atoms with E-state index in [0.29, 0.717) is 23.7 Å². The molecule has 0 saturated heterocycles. The Balaban J connectivity index is 1.94. The maximum absolute atomic E-state index is 12.3. The first-order valence-electron chi connectivity index (χ1n) is 8.28. The van der Waals surface area contributed by atoms with Gasteiger partial charge in [0.25, 0.3) is 10.0 Å². The fourth-order valence-corrected chi connectivity index (χ4v) is 3.37. The molecule has 0 heterocycles. The highest BCUT2D eigenvalue weighted by Gasteiger charge is 2.13. The van der Waals surface area contributed by atoms with Crippen LogP contribution in [0.2, 0.25) is 0 Å². The number of anilines is 2. The minimum atomic E-state index is -3.63. The van der Waals surface area contributed by atoms with Crippen molar-refractivity contribution in [3.05, 3.63) is 48.5 Å². The third-order valence-electron chi connectivity index (χ3n) is 3.87. The highest BCUT2D eigenvalue weighted by molar-refractivity contribution is 7.92. The predicted molar refractivity (Wildman–Crippen MR) is 101 cm³/mol. The lowest BCUT2D eigenvalue weighted by molar-refractivity contribution is 0.223. The SMILES string of the molecule is CCN(CC)CCOc1ccc(NS(=O)(=O)c2ccc(N)cc2)cc1. The Kier molecular flexibility index (Phi) is 6.66. The molecular weight excluding hydrogens is 338 g/mol. The van der Waals surface area contributed by atoms with Crippen molar-refractivity contribution in [2.45, 2.75) is 18.7 Å².